The summed E-state index contributed by atoms with van der Waals surface area (Å²) in [5, 5.41) is 7.25. The fourth-order valence-electron chi connectivity index (χ4n) is 1.58. The molecule has 16 heavy (non-hydrogen) atoms. The number of nitrogen functional groups attached to an aromatic ring is 1. The minimum absolute atomic E-state index is 0.432. The van der Waals surface area contributed by atoms with Gasteiger partial charge in [0.05, 0.1) is 10.5 Å². The number of halogens is 1. The van der Waals surface area contributed by atoms with E-state index in [0.29, 0.717) is 16.7 Å². The average Bonchev–Trinajstić information content (AvgIpc) is 2.84. The number of benzene rings is 1. The van der Waals surface area contributed by atoms with Crippen LogP contribution in [0.5, 0.6) is 0 Å². The van der Waals surface area contributed by atoms with E-state index in [9.17, 15) is 0 Å². The zero-order valence-electron chi connectivity index (χ0n) is 8.16. The first-order valence-electron chi connectivity index (χ1n) is 4.69. The van der Waals surface area contributed by atoms with Crippen LogP contribution in [0.15, 0.2) is 24.3 Å². The van der Waals surface area contributed by atoms with Crippen molar-refractivity contribution in [1.82, 2.24) is 20.2 Å². The van der Waals surface area contributed by atoms with Gasteiger partial charge in [-0.3, -0.25) is 5.10 Å². The smallest absolute Gasteiger partial charge is 0.156 e. The van der Waals surface area contributed by atoms with Gasteiger partial charge in [-0.05, 0) is 12.1 Å². The number of hydrogen-bond donors (Lipinski definition) is 3. The molecule has 6 heteroatoms. The van der Waals surface area contributed by atoms with Gasteiger partial charge in [0.2, 0.25) is 0 Å². The Bertz CT molecular complexity index is 654. The number of H-pyrrole nitrogens is 2. The van der Waals surface area contributed by atoms with Crippen LogP contribution < -0.4 is 5.73 Å². The lowest BCUT2D eigenvalue weighted by Gasteiger charge is -1.88. The van der Waals surface area contributed by atoms with Gasteiger partial charge in [-0.2, -0.15) is 5.10 Å². The molecule has 0 atom stereocenters. The van der Waals surface area contributed by atoms with Crippen LogP contribution in [0.1, 0.15) is 0 Å². The molecule has 0 fully saturated rings. The van der Waals surface area contributed by atoms with Crippen LogP contribution in [0.25, 0.3) is 22.6 Å². The second kappa shape index (κ2) is 3.24. The molecular weight excluding hydrogens is 226 g/mol. The highest BCUT2D eigenvalue weighted by Crippen LogP contribution is 2.24. The second-order valence-corrected chi connectivity index (χ2v) is 3.84. The van der Waals surface area contributed by atoms with Crippen molar-refractivity contribution in [3.05, 3.63) is 29.3 Å². The van der Waals surface area contributed by atoms with Gasteiger partial charge in [0.1, 0.15) is 17.0 Å². The van der Waals surface area contributed by atoms with Crippen molar-refractivity contribution in [2.45, 2.75) is 0 Å². The monoisotopic (exact) mass is 233 g/mol. The first-order valence-corrected chi connectivity index (χ1v) is 5.07. The minimum atomic E-state index is 0.432. The standard InChI is InChI=1S/C10H8ClN5/c11-5-2-1-3-6-9(5)14-10(13-6)7-4-8(12)16-15-7/h1-4H,(H,13,14)(H3,12,15,16). The zero-order valence-corrected chi connectivity index (χ0v) is 8.92. The highest BCUT2D eigenvalue weighted by atomic mass is 35.5. The maximum Gasteiger partial charge on any atom is 0.156 e. The summed E-state index contributed by atoms with van der Waals surface area (Å²) in [5.74, 6) is 1.11. The van der Waals surface area contributed by atoms with Gasteiger partial charge in [-0.1, -0.05) is 17.7 Å². The fourth-order valence-corrected chi connectivity index (χ4v) is 1.80. The van der Waals surface area contributed by atoms with E-state index in [2.05, 4.69) is 20.2 Å². The Labute approximate surface area is 95.6 Å². The Morgan fingerprint density at radius 2 is 2.19 bits per heavy atom. The van der Waals surface area contributed by atoms with Crippen LogP contribution in [-0.2, 0) is 0 Å². The van der Waals surface area contributed by atoms with Crippen molar-refractivity contribution in [2.24, 2.45) is 0 Å². The molecule has 3 rings (SSSR count). The Morgan fingerprint density at radius 3 is 2.88 bits per heavy atom. The van der Waals surface area contributed by atoms with Crippen LogP contribution in [0, 0.1) is 0 Å². The molecule has 4 N–H and O–H groups in total. The highest BCUT2D eigenvalue weighted by Gasteiger charge is 2.09. The van der Waals surface area contributed by atoms with Gasteiger partial charge in [0.15, 0.2) is 5.82 Å². The van der Waals surface area contributed by atoms with Crippen molar-refractivity contribution in [1.29, 1.82) is 0 Å². The average molecular weight is 234 g/mol. The summed E-state index contributed by atoms with van der Waals surface area (Å²) in [6.45, 7) is 0. The molecule has 0 aliphatic rings. The molecule has 0 spiro atoms. The first kappa shape index (κ1) is 9.23. The second-order valence-electron chi connectivity index (χ2n) is 3.43. The number of para-hydroxylation sites is 1. The Kier molecular flexibility index (Phi) is 1.87. The highest BCUT2D eigenvalue weighted by molar-refractivity contribution is 6.34. The van der Waals surface area contributed by atoms with E-state index in [1.54, 1.807) is 12.1 Å². The molecule has 0 saturated heterocycles. The number of aromatic amines is 2. The van der Waals surface area contributed by atoms with Gasteiger partial charge < -0.3 is 10.7 Å². The van der Waals surface area contributed by atoms with E-state index in [0.717, 1.165) is 16.7 Å². The lowest BCUT2D eigenvalue weighted by atomic mass is 10.3. The topological polar surface area (TPSA) is 83.4 Å². The third-order valence-corrected chi connectivity index (χ3v) is 2.62. The number of anilines is 1. The number of nitrogens with one attached hydrogen (secondary N) is 2. The molecular formula is C10H8ClN5. The van der Waals surface area contributed by atoms with E-state index in [1.165, 1.54) is 0 Å². The molecule has 0 radical (unpaired) electrons. The third-order valence-electron chi connectivity index (χ3n) is 2.32. The van der Waals surface area contributed by atoms with E-state index in [1.807, 2.05) is 12.1 Å². The zero-order chi connectivity index (χ0) is 11.1. The van der Waals surface area contributed by atoms with Crippen LogP contribution in [-0.4, -0.2) is 20.2 Å². The summed E-state index contributed by atoms with van der Waals surface area (Å²) in [5.41, 5.74) is 7.90. The number of fused-ring (bicyclic) bond motifs is 1. The Balaban J connectivity index is 2.22. The van der Waals surface area contributed by atoms with E-state index in [4.69, 9.17) is 17.3 Å². The molecule has 5 nitrogen and oxygen atoms in total. The number of aromatic nitrogens is 4. The van der Waals surface area contributed by atoms with Gasteiger partial charge in [0.25, 0.3) is 0 Å². The normalized spacial score (nSPS) is 11.1. The maximum atomic E-state index is 6.03. The maximum absolute atomic E-state index is 6.03. The molecule has 2 heterocycles. The Morgan fingerprint density at radius 1 is 1.31 bits per heavy atom. The largest absolute Gasteiger partial charge is 0.382 e. The van der Waals surface area contributed by atoms with Crippen LogP contribution in [0.2, 0.25) is 5.02 Å². The quantitative estimate of drug-likeness (QED) is 0.602. The summed E-state index contributed by atoms with van der Waals surface area (Å²) in [4.78, 5) is 7.53. The summed E-state index contributed by atoms with van der Waals surface area (Å²) in [6, 6.07) is 7.30. The van der Waals surface area contributed by atoms with Gasteiger partial charge in [-0.25, -0.2) is 4.98 Å². The number of imidazole rings is 1. The lowest BCUT2D eigenvalue weighted by molar-refractivity contribution is 1.09. The van der Waals surface area contributed by atoms with Gasteiger partial charge in [-0.15, -0.1) is 0 Å². The van der Waals surface area contributed by atoms with E-state index >= 15 is 0 Å². The van der Waals surface area contributed by atoms with Crippen molar-refractivity contribution >= 4 is 28.5 Å². The SMILES string of the molecule is Nc1cc(-c2nc3c(Cl)cccc3[nH]2)[nH]n1. The van der Waals surface area contributed by atoms with Crippen LogP contribution in [0.3, 0.4) is 0 Å². The number of rotatable bonds is 1. The van der Waals surface area contributed by atoms with E-state index < -0.39 is 0 Å². The summed E-state index contributed by atoms with van der Waals surface area (Å²) >= 11 is 6.03. The molecule has 3 aromatic rings. The molecule has 0 amide bonds. The number of nitrogens with zero attached hydrogens (tertiary/aromatic N) is 2. The molecule has 0 unspecified atom stereocenters. The summed E-state index contributed by atoms with van der Waals surface area (Å²) < 4.78 is 0. The fraction of sp³-hybridized carbons (Fsp3) is 0. The first-order chi connectivity index (χ1) is 7.74. The van der Waals surface area contributed by atoms with Crippen LogP contribution in [0.4, 0.5) is 5.82 Å². The number of nitrogens with two attached hydrogens (primary N) is 1. The molecule has 80 valence electrons. The molecule has 0 aliphatic heterocycles. The lowest BCUT2D eigenvalue weighted by Crippen LogP contribution is -1.81. The molecule has 0 bridgehead atoms. The van der Waals surface area contributed by atoms with E-state index in [-0.39, 0.29) is 0 Å². The Hall–Kier alpha value is -2.01. The summed E-state index contributed by atoms with van der Waals surface area (Å²) in [7, 11) is 0. The molecule has 1 aromatic carbocycles. The third kappa shape index (κ3) is 1.33. The molecule has 0 aliphatic carbocycles. The predicted molar refractivity (Wildman–Crippen MR) is 63.1 cm³/mol. The van der Waals surface area contributed by atoms with Crippen molar-refractivity contribution in [3.63, 3.8) is 0 Å². The summed E-state index contributed by atoms with van der Waals surface area (Å²) in [6.07, 6.45) is 0. The van der Waals surface area contributed by atoms with Gasteiger partial charge in [0, 0.05) is 6.07 Å². The molecule has 0 saturated carbocycles. The van der Waals surface area contributed by atoms with Gasteiger partial charge >= 0.3 is 0 Å². The van der Waals surface area contributed by atoms with Crippen molar-refractivity contribution < 1.29 is 0 Å². The van der Waals surface area contributed by atoms with Crippen molar-refractivity contribution in [2.75, 3.05) is 5.73 Å². The molecule has 2 aromatic heterocycles. The predicted octanol–water partition coefficient (Wildman–Crippen LogP) is 2.19. The van der Waals surface area contributed by atoms with Crippen molar-refractivity contribution in [3.8, 4) is 11.5 Å². The number of hydrogen-bond acceptors (Lipinski definition) is 3. The van der Waals surface area contributed by atoms with Crippen LogP contribution >= 0.6 is 11.6 Å². The minimum Gasteiger partial charge on any atom is -0.382 e.